The molecule has 0 spiro atoms. The first kappa shape index (κ1) is 13.3. The molecule has 0 aromatic heterocycles. The van der Waals surface area contributed by atoms with Crippen molar-refractivity contribution in [1.82, 2.24) is 0 Å². The Labute approximate surface area is 109 Å². The largest absolute Gasteiger partial charge is 0.478 e. The number of rotatable bonds is 5. The molecule has 1 aliphatic carbocycles. The summed E-state index contributed by atoms with van der Waals surface area (Å²) in [6.07, 6.45) is 2.30. The van der Waals surface area contributed by atoms with Gasteiger partial charge in [-0.25, -0.2) is 4.79 Å². The molecule has 7 nitrogen and oxygen atoms in total. The van der Waals surface area contributed by atoms with Gasteiger partial charge in [0.15, 0.2) is 0 Å². The molecule has 0 saturated heterocycles. The van der Waals surface area contributed by atoms with Crippen LogP contribution >= 0.6 is 0 Å². The zero-order chi connectivity index (χ0) is 14.0. The molecule has 2 rings (SSSR count). The first-order chi connectivity index (χ1) is 8.91. The normalized spacial score (nSPS) is 16.5. The Balaban J connectivity index is 2.19. The molecule has 1 saturated carbocycles. The fourth-order valence-electron chi connectivity index (χ4n) is 2.00. The number of non-ortho nitro benzene ring substituents is 1. The van der Waals surface area contributed by atoms with Crippen molar-refractivity contribution in [3.05, 3.63) is 33.9 Å². The minimum atomic E-state index is -1.24. The number of aliphatic hydroxyl groups is 1. The molecule has 0 bridgehead atoms. The molecule has 1 aromatic carbocycles. The minimum absolute atomic E-state index is 0.169. The van der Waals surface area contributed by atoms with Gasteiger partial charge in [0.25, 0.3) is 5.69 Å². The summed E-state index contributed by atoms with van der Waals surface area (Å²) in [4.78, 5) is 21.0. The number of hydrogen-bond donors (Lipinski definition) is 3. The third-order valence-electron chi connectivity index (χ3n) is 3.34. The summed E-state index contributed by atoms with van der Waals surface area (Å²) in [5, 5.41) is 32.4. The quantitative estimate of drug-likeness (QED) is 0.551. The van der Waals surface area contributed by atoms with Crippen LogP contribution in [0.3, 0.4) is 0 Å². The third-order valence-corrected chi connectivity index (χ3v) is 3.34. The summed E-state index contributed by atoms with van der Waals surface area (Å²) in [5.41, 5.74) is -0.960. The maximum Gasteiger partial charge on any atom is 0.338 e. The van der Waals surface area contributed by atoms with Crippen molar-refractivity contribution in [1.29, 1.82) is 0 Å². The summed E-state index contributed by atoms with van der Waals surface area (Å²) in [7, 11) is 0. The summed E-state index contributed by atoms with van der Waals surface area (Å²) >= 11 is 0. The fraction of sp³-hybridized carbons (Fsp3) is 0.417. The molecular weight excluding hydrogens is 252 g/mol. The van der Waals surface area contributed by atoms with E-state index >= 15 is 0 Å². The second-order valence-electron chi connectivity index (χ2n) is 4.72. The number of carbonyl (C=O) groups is 1. The highest BCUT2D eigenvalue weighted by Gasteiger charge is 2.34. The van der Waals surface area contributed by atoms with Gasteiger partial charge in [0.2, 0.25) is 0 Å². The number of nitrogens with one attached hydrogen (secondary N) is 1. The van der Waals surface area contributed by atoms with Crippen molar-refractivity contribution in [2.45, 2.75) is 24.9 Å². The van der Waals surface area contributed by atoms with Gasteiger partial charge in [-0.3, -0.25) is 10.1 Å². The van der Waals surface area contributed by atoms with Crippen LogP contribution < -0.4 is 5.32 Å². The van der Waals surface area contributed by atoms with Gasteiger partial charge >= 0.3 is 5.97 Å². The second-order valence-corrected chi connectivity index (χ2v) is 4.72. The maximum atomic E-state index is 11.1. The van der Waals surface area contributed by atoms with Crippen LogP contribution in [0.4, 0.5) is 11.4 Å². The Morgan fingerprint density at radius 2 is 2.16 bits per heavy atom. The van der Waals surface area contributed by atoms with E-state index in [1.54, 1.807) is 0 Å². The Hall–Kier alpha value is -2.15. The average molecular weight is 266 g/mol. The second kappa shape index (κ2) is 4.85. The fourth-order valence-corrected chi connectivity index (χ4v) is 2.00. The van der Waals surface area contributed by atoms with Crippen LogP contribution in [0.5, 0.6) is 0 Å². The van der Waals surface area contributed by atoms with Crippen molar-refractivity contribution in [2.75, 3.05) is 11.9 Å². The topological polar surface area (TPSA) is 113 Å². The molecule has 0 radical (unpaired) electrons. The molecule has 1 fully saturated rings. The van der Waals surface area contributed by atoms with Crippen LogP contribution in [-0.2, 0) is 0 Å². The van der Waals surface area contributed by atoms with Gasteiger partial charge in [-0.15, -0.1) is 0 Å². The smallest absolute Gasteiger partial charge is 0.338 e. The lowest BCUT2D eigenvalue weighted by molar-refractivity contribution is -0.384. The highest BCUT2D eigenvalue weighted by molar-refractivity contribution is 5.95. The van der Waals surface area contributed by atoms with E-state index in [0.717, 1.165) is 12.5 Å². The Morgan fingerprint density at radius 1 is 1.47 bits per heavy atom. The molecule has 1 aliphatic rings. The number of hydrogen-bond acceptors (Lipinski definition) is 5. The summed E-state index contributed by atoms with van der Waals surface area (Å²) in [5.74, 6) is -1.24. The van der Waals surface area contributed by atoms with Crippen LogP contribution in [0.15, 0.2) is 18.2 Å². The Bertz CT molecular complexity index is 525. The molecule has 3 N–H and O–H groups in total. The highest BCUT2D eigenvalue weighted by Crippen LogP contribution is 2.32. The summed E-state index contributed by atoms with van der Waals surface area (Å²) < 4.78 is 0. The number of carboxylic acids is 1. The standard InChI is InChI=1S/C12H14N2O5/c15-11(16)9-6-8(14(18)19)2-3-10(9)13-7-12(17)4-1-5-12/h2-3,6,13,17H,1,4-5,7H2,(H,15,16). The lowest BCUT2D eigenvalue weighted by Gasteiger charge is -2.37. The van der Waals surface area contributed by atoms with Crippen LogP contribution in [0.1, 0.15) is 29.6 Å². The first-order valence-corrected chi connectivity index (χ1v) is 5.89. The molecule has 0 heterocycles. The van der Waals surface area contributed by atoms with Crippen LogP contribution in [0.25, 0.3) is 0 Å². The van der Waals surface area contributed by atoms with Crippen LogP contribution in [0, 0.1) is 10.1 Å². The summed E-state index contributed by atoms with van der Waals surface area (Å²) in [6.45, 7) is 0.241. The van der Waals surface area contributed by atoms with E-state index in [-0.39, 0.29) is 23.5 Å². The van der Waals surface area contributed by atoms with E-state index in [9.17, 15) is 20.0 Å². The number of nitro groups is 1. The van der Waals surface area contributed by atoms with E-state index in [2.05, 4.69) is 5.32 Å². The molecular formula is C12H14N2O5. The SMILES string of the molecule is O=C(O)c1cc([N+](=O)[O-])ccc1NCC1(O)CCC1. The summed E-state index contributed by atoms with van der Waals surface area (Å²) in [6, 6.07) is 3.60. The number of nitro benzene ring substituents is 1. The van der Waals surface area contributed by atoms with Crippen molar-refractivity contribution in [2.24, 2.45) is 0 Å². The van der Waals surface area contributed by atoms with Crippen molar-refractivity contribution in [3.63, 3.8) is 0 Å². The van der Waals surface area contributed by atoms with Crippen molar-refractivity contribution >= 4 is 17.3 Å². The molecule has 1 aromatic rings. The number of anilines is 1. The number of nitrogens with zero attached hydrogens (tertiary/aromatic N) is 1. The Morgan fingerprint density at radius 3 is 2.63 bits per heavy atom. The van der Waals surface area contributed by atoms with Gasteiger partial charge in [-0.2, -0.15) is 0 Å². The van der Waals surface area contributed by atoms with E-state index in [1.807, 2.05) is 0 Å². The van der Waals surface area contributed by atoms with E-state index < -0.39 is 16.5 Å². The van der Waals surface area contributed by atoms with Crippen molar-refractivity contribution < 1.29 is 19.9 Å². The highest BCUT2D eigenvalue weighted by atomic mass is 16.6. The van der Waals surface area contributed by atoms with E-state index in [0.29, 0.717) is 12.8 Å². The minimum Gasteiger partial charge on any atom is -0.478 e. The van der Waals surface area contributed by atoms with Gasteiger partial charge in [-0.05, 0) is 25.3 Å². The van der Waals surface area contributed by atoms with Gasteiger partial charge in [0.05, 0.1) is 16.1 Å². The molecule has 0 atom stereocenters. The molecule has 0 amide bonds. The molecule has 19 heavy (non-hydrogen) atoms. The zero-order valence-corrected chi connectivity index (χ0v) is 10.1. The molecule has 102 valence electrons. The predicted octanol–water partition coefficient (Wildman–Crippen LogP) is 1.62. The third kappa shape index (κ3) is 2.82. The predicted molar refractivity (Wildman–Crippen MR) is 67.3 cm³/mol. The monoisotopic (exact) mass is 266 g/mol. The number of aromatic carboxylic acids is 1. The molecule has 7 heteroatoms. The Kier molecular flexibility index (Phi) is 3.39. The van der Waals surface area contributed by atoms with Crippen LogP contribution in [-0.4, -0.2) is 33.3 Å². The van der Waals surface area contributed by atoms with E-state index in [4.69, 9.17) is 5.11 Å². The molecule has 0 aliphatic heterocycles. The van der Waals surface area contributed by atoms with Gasteiger partial charge in [0, 0.05) is 24.4 Å². The number of carboxylic acid groups (broad SMARTS) is 1. The number of benzene rings is 1. The van der Waals surface area contributed by atoms with Gasteiger partial charge in [-0.1, -0.05) is 0 Å². The maximum absolute atomic E-state index is 11.1. The molecule has 0 unspecified atom stereocenters. The van der Waals surface area contributed by atoms with Crippen molar-refractivity contribution in [3.8, 4) is 0 Å². The lowest BCUT2D eigenvalue weighted by atomic mass is 9.80. The zero-order valence-electron chi connectivity index (χ0n) is 10.1. The van der Waals surface area contributed by atoms with E-state index in [1.165, 1.54) is 12.1 Å². The first-order valence-electron chi connectivity index (χ1n) is 5.89. The lowest BCUT2D eigenvalue weighted by Crippen LogP contribution is -2.43. The van der Waals surface area contributed by atoms with Gasteiger partial charge < -0.3 is 15.5 Å². The van der Waals surface area contributed by atoms with Crippen LogP contribution in [0.2, 0.25) is 0 Å². The average Bonchev–Trinajstić information content (AvgIpc) is 2.33. The van der Waals surface area contributed by atoms with Gasteiger partial charge in [0.1, 0.15) is 0 Å².